The summed E-state index contributed by atoms with van der Waals surface area (Å²) in [4.78, 5) is 2.36. The van der Waals surface area contributed by atoms with Crippen molar-refractivity contribution < 1.29 is 9.13 Å². The number of hydrogen-bond acceptors (Lipinski definition) is 3. The predicted octanol–water partition coefficient (Wildman–Crippen LogP) is 1.75. The van der Waals surface area contributed by atoms with Crippen molar-refractivity contribution >= 4 is 0 Å². The number of hydrogen-bond donors (Lipinski definition) is 1. The summed E-state index contributed by atoms with van der Waals surface area (Å²) in [6, 6.07) is 4.79. The third-order valence-corrected chi connectivity index (χ3v) is 3.66. The molecule has 2 N–H and O–H groups in total. The minimum Gasteiger partial charge on any atom is -0.381 e. The average molecular weight is 276 g/mol. The molecule has 0 aromatic heterocycles. The molecule has 1 aromatic rings. The lowest BCUT2D eigenvalue weighted by atomic mass is 10.0. The molecule has 108 valence electrons. The minimum atomic E-state index is -0.256. The number of methoxy groups -OCH3 is 1. The van der Waals surface area contributed by atoms with Crippen LogP contribution in [0.2, 0.25) is 0 Å². The van der Waals surface area contributed by atoms with Crippen molar-refractivity contribution in [2.45, 2.75) is 25.5 Å². The van der Waals surface area contributed by atoms with Crippen molar-refractivity contribution in [3.05, 3.63) is 35.1 Å². The number of piperidine rings is 1. The number of benzene rings is 1. The fourth-order valence-corrected chi connectivity index (χ4v) is 2.49. The van der Waals surface area contributed by atoms with E-state index in [2.05, 4.69) is 16.7 Å². The fraction of sp³-hybridized carbons (Fsp3) is 0.500. The maximum absolute atomic E-state index is 13.3. The van der Waals surface area contributed by atoms with E-state index >= 15 is 0 Å². The molecule has 0 aliphatic carbocycles. The smallest absolute Gasteiger partial charge is 0.124 e. The summed E-state index contributed by atoms with van der Waals surface area (Å²) in [6.45, 7) is 3.08. The van der Waals surface area contributed by atoms with Gasteiger partial charge >= 0.3 is 0 Å². The van der Waals surface area contributed by atoms with Gasteiger partial charge in [-0.25, -0.2) is 4.39 Å². The SMILES string of the molecule is COC1CCN(Cc2ccc(F)cc2C#CCN)CC1. The zero-order valence-corrected chi connectivity index (χ0v) is 11.9. The van der Waals surface area contributed by atoms with Gasteiger partial charge in [0.05, 0.1) is 12.6 Å². The summed E-state index contributed by atoms with van der Waals surface area (Å²) in [6.07, 6.45) is 2.46. The minimum absolute atomic E-state index is 0.256. The first kappa shape index (κ1) is 15.0. The van der Waals surface area contributed by atoms with Gasteiger partial charge in [-0.2, -0.15) is 0 Å². The molecule has 0 unspecified atom stereocenters. The number of likely N-dealkylation sites (tertiary alicyclic amines) is 1. The van der Waals surface area contributed by atoms with Crippen LogP contribution in [0.5, 0.6) is 0 Å². The highest BCUT2D eigenvalue weighted by molar-refractivity contribution is 5.41. The zero-order valence-electron chi connectivity index (χ0n) is 11.9. The zero-order chi connectivity index (χ0) is 14.4. The van der Waals surface area contributed by atoms with Crippen molar-refractivity contribution in [1.29, 1.82) is 0 Å². The molecule has 20 heavy (non-hydrogen) atoms. The maximum atomic E-state index is 13.3. The Morgan fingerprint density at radius 3 is 2.80 bits per heavy atom. The second-order valence-corrected chi connectivity index (χ2v) is 5.02. The number of ether oxygens (including phenoxy) is 1. The van der Waals surface area contributed by atoms with E-state index in [0.717, 1.165) is 43.6 Å². The molecule has 0 atom stereocenters. The van der Waals surface area contributed by atoms with Gasteiger partial charge in [-0.3, -0.25) is 4.90 Å². The van der Waals surface area contributed by atoms with Crippen molar-refractivity contribution in [1.82, 2.24) is 4.90 Å². The lowest BCUT2D eigenvalue weighted by Crippen LogP contribution is -2.36. The molecule has 1 aliphatic heterocycles. The first-order chi connectivity index (χ1) is 9.72. The van der Waals surface area contributed by atoms with Crippen LogP contribution in [0.25, 0.3) is 0 Å². The molecule has 0 saturated carbocycles. The van der Waals surface area contributed by atoms with Crippen LogP contribution in [0.15, 0.2) is 18.2 Å². The Bertz CT molecular complexity index is 499. The molecule has 0 spiro atoms. The van der Waals surface area contributed by atoms with E-state index in [-0.39, 0.29) is 12.4 Å². The maximum Gasteiger partial charge on any atom is 0.124 e. The second kappa shape index (κ2) is 7.39. The highest BCUT2D eigenvalue weighted by Crippen LogP contribution is 2.18. The van der Waals surface area contributed by atoms with Crippen LogP contribution >= 0.6 is 0 Å². The Kier molecular flexibility index (Phi) is 5.54. The lowest BCUT2D eigenvalue weighted by Gasteiger charge is -2.31. The van der Waals surface area contributed by atoms with Crippen LogP contribution < -0.4 is 5.73 Å². The largest absolute Gasteiger partial charge is 0.381 e. The fourth-order valence-electron chi connectivity index (χ4n) is 2.49. The summed E-state index contributed by atoms with van der Waals surface area (Å²) in [5.41, 5.74) is 7.19. The van der Waals surface area contributed by atoms with E-state index in [1.165, 1.54) is 12.1 Å². The molecule has 0 amide bonds. The molecule has 4 heteroatoms. The molecular weight excluding hydrogens is 255 g/mol. The van der Waals surface area contributed by atoms with Gasteiger partial charge in [-0.15, -0.1) is 0 Å². The normalized spacial score (nSPS) is 16.8. The quantitative estimate of drug-likeness (QED) is 0.855. The summed E-state index contributed by atoms with van der Waals surface area (Å²) in [5.74, 6) is 5.50. The highest BCUT2D eigenvalue weighted by atomic mass is 19.1. The van der Waals surface area contributed by atoms with E-state index in [1.54, 1.807) is 7.11 Å². The monoisotopic (exact) mass is 276 g/mol. The molecule has 1 fully saturated rings. The van der Waals surface area contributed by atoms with Crippen molar-refractivity contribution in [3.63, 3.8) is 0 Å². The Labute approximate surface area is 119 Å². The van der Waals surface area contributed by atoms with Crippen LogP contribution in [0.4, 0.5) is 4.39 Å². The first-order valence-corrected chi connectivity index (χ1v) is 6.95. The van der Waals surface area contributed by atoms with Gasteiger partial charge < -0.3 is 10.5 Å². The average Bonchev–Trinajstić information content (AvgIpc) is 2.48. The third-order valence-electron chi connectivity index (χ3n) is 3.66. The van der Waals surface area contributed by atoms with Crippen molar-refractivity contribution in [2.75, 3.05) is 26.7 Å². The number of rotatable bonds is 3. The van der Waals surface area contributed by atoms with Crippen LogP contribution in [0.3, 0.4) is 0 Å². The van der Waals surface area contributed by atoms with Gasteiger partial charge in [0.1, 0.15) is 5.82 Å². The van der Waals surface area contributed by atoms with Gasteiger partial charge in [0.25, 0.3) is 0 Å². The molecule has 1 saturated heterocycles. The standard InChI is InChI=1S/C16H21FN2O/c1-20-16-6-9-19(10-7-16)12-14-4-5-15(17)11-13(14)3-2-8-18/h4-5,11,16H,6-10,12,18H2,1H3. The van der Waals surface area contributed by atoms with Gasteiger partial charge in [0.15, 0.2) is 0 Å². The van der Waals surface area contributed by atoms with Gasteiger partial charge in [-0.1, -0.05) is 17.9 Å². The van der Waals surface area contributed by atoms with Gasteiger partial charge in [0, 0.05) is 32.3 Å². The Balaban J connectivity index is 2.05. The molecular formula is C16H21FN2O. The third kappa shape index (κ3) is 4.04. The lowest BCUT2D eigenvalue weighted by molar-refractivity contribution is 0.0388. The van der Waals surface area contributed by atoms with Crippen LogP contribution in [0, 0.1) is 17.7 Å². The molecule has 1 aliphatic rings. The van der Waals surface area contributed by atoms with Gasteiger partial charge in [0.2, 0.25) is 0 Å². The Morgan fingerprint density at radius 1 is 1.40 bits per heavy atom. The summed E-state index contributed by atoms with van der Waals surface area (Å²) >= 11 is 0. The molecule has 3 nitrogen and oxygen atoms in total. The molecule has 2 rings (SSSR count). The summed E-state index contributed by atoms with van der Waals surface area (Å²) in [5, 5.41) is 0. The van der Waals surface area contributed by atoms with E-state index < -0.39 is 0 Å². The van der Waals surface area contributed by atoms with E-state index in [9.17, 15) is 4.39 Å². The van der Waals surface area contributed by atoms with E-state index in [1.807, 2.05) is 6.07 Å². The summed E-state index contributed by atoms with van der Waals surface area (Å²) in [7, 11) is 1.76. The molecule has 1 heterocycles. The van der Waals surface area contributed by atoms with Crippen molar-refractivity contribution in [2.24, 2.45) is 5.73 Å². The predicted molar refractivity (Wildman–Crippen MR) is 77.6 cm³/mol. The molecule has 1 aromatic carbocycles. The van der Waals surface area contributed by atoms with Gasteiger partial charge in [-0.05, 0) is 30.5 Å². The topological polar surface area (TPSA) is 38.5 Å². The van der Waals surface area contributed by atoms with Crippen LogP contribution in [-0.2, 0) is 11.3 Å². The number of nitrogens with zero attached hydrogens (tertiary/aromatic N) is 1. The highest BCUT2D eigenvalue weighted by Gasteiger charge is 2.19. The van der Waals surface area contributed by atoms with Crippen molar-refractivity contribution in [3.8, 4) is 11.8 Å². The van der Waals surface area contributed by atoms with Crippen LogP contribution in [0.1, 0.15) is 24.0 Å². The molecule has 0 bridgehead atoms. The Hall–Kier alpha value is -1.41. The first-order valence-electron chi connectivity index (χ1n) is 6.95. The number of halogens is 1. The van der Waals surface area contributed by atoms with E-state index in [0.29, 0.717) is 6.10 Å². The summed E-state index contributed by atoms with van der Waals surface area (Å²) < 4.78 is 18.7. The van der Waals surface area contributed by atoms with Crippen LogP contribution in [-0.4, -0.2) is 37.7 Å². The second-order valence-electron chi connectivity index (χ2n) is 5.02. The number of nitrogens with two attached hydrogens (primary N) is 1. The molecule has 0 radical (unpaired) electrons. The Morgan fingerprint density at radius 2 is 2.15 bits per heavy atom. The van der Waals surface area contributed by atoms with E-state index in [4.69, 9.17) is 10.5 Å².